The van der Waals surface area contributed by atoms with Crippen LogP contribution in [-0.4, -0.2) is 13.6 Å². The van der Waals surface area contributed by atoms with Crippen molar-refractivity contribution in [2.45, 2.75) is 120 Å². The molecular weight excluding hydrogens is 481 g/mol. The third-order valence-electron chi connectivity index (χ3n) is 7.65. The molecule has 4 aliphatic heterocycles. The zero-order valence-corrected chi connectivity index (χ0v) is 25.3. The van der Waals surface area contributed by atoms with Crippen LogP contribution in [-0.2, 0) is 0 Å². The molecule has 0 aliphatic carbocycles. The van der Waals surface area contributed by atoms with E-state index in [-0.39, 0.29) is 0 Å². The smallest absolute Gasteiger partial charge is 0.104 e. The molecule has 30 heavy (non-hydrogen) atoms. The molecule has 4 fully saturated rings. The van der Waals surface area contributed by atoms with E-state index < -0.39 is 0 Å². The summed E-state index contributed by atoms with van der Waals surface area (Å²) in [5.74, 6) is 3.21. The third kappa shape index (κ3) is 4.18. The van der Waals surface area contributed by atoms with E-state index in [1.165, 1.54) is 51.4 Å². The monoisotopic (exact) mass is 524 g/mol. The summed E-state index contributed by atoms with van der Waals surface area (Å²) in [6.07, 6.45) is 10.6. The summed E-state index contributed by atoms with van der Waals surface area (Å²) in [7, 11) is 0. The highest BCUT2D eigenvalue weighted by Crippen LogP contribution is 2.93. The molecule has 0 amide bonds. The average molecular weight is 525 g/mol. The molecule has 0 aromatic rings. The van der Waals surface area contributed by atoms with Crippen molar-refractivity contribution in [3.8, 4) is 0 Å². The summed E-state index contributed by atoms with van der Waals surface area (Å²) in [6.45, 7) is 19.7. The first-order chi connectivity index (χ1) is 14.3. The SMILES string of the molecule is CCC(CC)C12SC3(C(CC)CC)SC(C(CC)CC)(S1)SC(C(CC)CC)(S2)S3. The van der Waals surface area contributed by atoms with Gasteiger partial charge in [-0.15, -0.1) is 70.6 Å². The molecule has 0 radical (unpaired) electrons. The minimum Gasteiger partial charge on any atom is -0.104 e. The lowest BCUT2D eigenvalue weighted by molar-refractivity contribution is 0.456. The highest BCUT2D eigenvalue weighted by atomic mass is 32.4. The van der Waals surface area contributed by atoms with Gasteiger partial charge in [-0.2, -0.15) is 0 Å². The molecule has 0 saturated carbocycles. The quantitative estimate of drug-likeness (QED) is 0.247. The molecule has 4 bridgehead atoms. The van der Waals surface area contributed by atoms with E-state index >= 15 is 0 Å². The van der Waals surface area contributed by atoms with Crippen molar-refractivity contribution in [1.29, 1.82) is 0 Å². The van der Waals surface area contributed by atoms with Gasteiger partial charge in [0.25, 0.3) is 0 Å². The lowest BCUT2D eigenvalue weighted by Crippen LogP contribution is -2.61. The molecule has 4 saturated heterocycles. The minimum absolute atomic E-state index is 0.332. The van der Waals surface area contributed by atoms with Crippen LogP contribution in [0.3, 0.4) is 0 Å². The van der Waals surface area contributed by atoms with Crippen LogP contribution in [0.15, 0.2) is 0 Å². The maximum Gasteiger partial charge on any atom is 0.116 e. The van der Waals surface area contributed by atoms with Crippen LogP contribution in [0.25, 0.3) is 0 Å². The Balaban J connectivity index is 2.23. The van der Waals surface area contributed by atoms with Gasteiger partial charge in [0.1, 0.15) is 13.6 Å². The lowest BCUT2D eigenvalue weighted by Gasteiger charge is -2.72. The maximum atomic E-state index is 2.46. The van der Waals surface area contributed by atoms with Gasteiger partial charge in [0, 0.05) is 0 Å². The zero-order valence-electron chi connectivity index (χ0n) is 20.4. The van der Waals surface area contributed by atoms with E-state index in [4.69, 9.17) is 0 Å². The van der Waals surface area contributed by atoms with Gasteiger partial charge in [-0.3, -0.25) is 0 Å². The molecule has 0 spiro atoms. The van der Waals surface area contributed by atoms with Gasteiger partial charge in [-0.05, 0) is 23.7 Å². The molecule has 0 atom stereocenters. The van der Waals surface area contributed by atoms with Crippen molar-refractivity contribution < 1.29 is 0 Å². The van der Waals surface area contributed by atoms with E-state index in [0.29, 0.717) is 13.6 Å². The van der Waals surface area contributed by atoms with Gasteiger partial charge in [-0.1, -0.05) is 107 Å². The Labute approximate surface area is 213 Å². The molecule has 176 valence electrons. The molecule has 0 nitrogen and oxygen atoms in total. The van der Waals surface area contributed by atoms with Crippen molar-refractivity contribution in [2.75, 3.05) is 0 Å². The Morgan fingerprint density at radius 3 is 0.567 bits per heavy atom. The molecule has 6 heteroatoms. The Morgan fingerprint density at radius 2 is 0.467 bits per heavy atom. The molecule has 0 aromatic heterocycles. The third-order valence-corrected chi connectivity index (χ3v) is 21.1. The number of rotatable bonds is 12. The van der Waals surface area contributed by atoms with Gasteiger partial charge in [0.05, 0.1) is 0 Å². The topological polar surface area (TPSA) is 0 Å². The Bertz CT molecular complexity index is 428. The Kier molecular flexibility index (Phi) is 9.24. The van der Waals surface area contributed by atoms with Crippen molar-refractivity contribution in [2.24, 2.45) is 23.7 Å². The summed E-state index contributed by atoms with van der Waals surface area (Å²) in [6, 6.07) is 0. The minimum atomic E-state index is 0.332. The van der Waals surface area contributed by atoms with E-state index in [0.717, 1.165) is 23.7 Å². The zero-order chi connectivity index (χ0) is 22.2. The Morgan fingerprint density at radius 1 is 0.333 bits per heavy atom. The van der Waals surface area contributed by atoms with Crippen LogP contribution >= 0.6 is 70.6 Å². The summed E-state index contributed by atoms with van der Waals surface area (Å²) in [4.78, 5) is 0. The summed E-state index contributed by atoms with van der Waals surface area (Å²) >= 11 is 14.6. The van der Waals surface area contributed by atoms with Crippen LogP contribution in [0, 0.1) is 23.7 Å². The first-order valence-electron chi connectivity index (χ1n) is 12.5. The fourth-order valence-corrected chi connectivity index (χ4v) is 29.2. The standard InChI is InChI=1S/C24H44S6/c1-9-17(10-2)21-25-22(18(11-3)12-4)28-23(26-21,19(13-5)14-6)30-24(27-21,29-22)20(15-7)16-8/h17-20H,9-16H2,1-8H3. The summed E-state index contributed by atoms with van der Waals surface area (Å²) in [5.41, 5.74) is 0. The molecule has 4 rings (SSSR count). The van der Waals surface area contributed by atoms with Gasteiger partial charge in [0.2, 0.25) is 0 Å². The van der Waals surface area contributed by atoms with Crippen LogP contribution in [0.4, 0.5) is 0 Å². The largest absolute Gasteiger partial charge is 0.116 e. The lowest BCUT2D eigenvalue weighted by atomic mass is 10.0. The molecule has 4 heterocycles. The Hall–Kier alpha value is 2.10. The van der Waals surface area contributed by atoms with E-state index in [1.54, 1.807) is 0 Å². The van der Waals surface area contributed by atoms with Crippen LogP contribution < -0.4 is 0 Å². The molecule has 0 N–H and O–H groups in total. The van der Waals surface area contributed by atoms with Crippen LogP contribution in [0.5, 0.6) is 0 Å². The average Bonchev–Trinajstić information content (AvgIpc) is 2.69. The van der Waals surface area contributed by atoms with Crippen LogP contribution in [0.1, 0.15) is 107 Å². The van der Waals surface area contributed by atoms with Crippen molar-refractivity contribution in [1.82, 2.24) is 0 Å². The van der Waals surface area contributed by atoms with Gasteiger partial charge >= 0.3 is 0 Å². The first kappa shape index (κ1) is 26.7. The van der Waals surface area contributed by atoms with E-state index in [1.807, 2.05) is 0 Å². The van der Waals surface area contributed by atoms with Gasteiger partial charge in [0.15, 0.2) is 0 Å². The molecule has 0 aromatic carbocycles. The molecular formula is C24H44S6. The van der Waals surface area contributed by atoms with E-state index in [2.05, 4.69) is 126 Å². The summed E-state index contributed by atoms with van der Waals surface area (Å²) in [5, 5.41) is 0. The predicted molar refractivity (Wildman–Crippen MR) is 153 cm³/mol. The normalized spacial score (nSPS) is 38.0. The van der Waals surface area contributed by atoms with Crippen molar-refractivity contribution in [3.05, 3.63) is 0 Å². The highest BCUT2D eigenvalue weighted by molar-refractivity contribution is 8.64. The fraction of sp³-hybridized carbons (Fsp3) is 1.00. The summed E-state index contributed by atoms with van der Waals surface area (Å²) < 4.78 is 1.33. The van der Waals surface area contributed by atoms with Crippen molar-refractivity contribution in [3.63, 3.8) is 0 Å². The first-order valence-corrected chi connectivity index (χ1v) is 17.4. The van der Waals surface area contributed by atoms with Gasteiger partial charge < -0.3 is 0 Å². The molecule has 4 aliphatic rings. The highest BCUT2D eigenvalue weighted by Gasteiger charge is 2.76. The number of hydrogen-bond donors (Lipinski definition) is 0. The second-order valence-electron chi connectivity index (χ2n) is 9.08. The second-order valence-corrected chi connectivity index (χ2v) is 21.1. The molecule has 0 unspecified atom stereocenters. The number of hydrogen-bond acceptors (Lipinski definition) is 6. The predicted octanol–water partition coefficient (Wildman–Crippen LogP) is 10.8. The van der Waals surface area contributed by atoms with E-state index in [9.17, 15) is 0 Å². The number of thioether (sulfide) groups is 6. The van der Waals surface area contributed by atoms with Gasteiger partial charge in [-0.25, -0.2) is 0 Å². The van der Waals surface area contributed by atoms with Crippen molar-refractivity contribution >= 4 is 70.6 Å². The fourth-order valence-electron chi connectivity index (χ4n) is 5.59. The maximum absolute atomic E-state index is 2.46. The second kappa shape index (κ2) is 10.4. The van der Waals surface area contributed by atoms with Crippen LogP contribution in [0.2, 0.25) is 0 Å².